The van der Waals surface area contributed by atoms with Crippen LogP contribution in [0, 0.1) is 0 Å². The number of carbonyl (C=O) groups excluding carboxylic acids is 1. The zero-order valence-electron chi connectivity index (χ0n) is 10.4. The molecule has 104 valence electrons. The van der Waals surface area contributed by atoms with Crippen molar-refractivity contribution in [1.82, 2.24) is 0 Å². The van der Waals surface area contributed by atoms with Gasteiger partial charge in [0.15, 0.2) is 6.61 Å². The van der Waals surface area contributed by atoms with Crippen LogP contribution in [0.1, 0.15) is 0 Å². The van der Waals surface area contributed by atoms with Gasteiger partial charge in [-0.1, -0.05) is 23.2 Å². The first-order valence-corrected chi connectivity index (χ1v) is 6.53. The van der Waals surface area contributed by atoms with Crippen LogP contribution < -0.4 is 15.8 Å². The standard InChI is InChI=1S/C14H12Cl2N2O2/c15-9-1-6-13(12(16)7-9)20-8-14(19)18-11-4-2-10(17)3-5-11/h1-7H,8,17H2,(H,18,19). The van der Waals surface area contributed by atoms with Crippen LogP contribution in [0.3, 0.4) is 0 Å². The number of nitrogen functional groups attached to an aromatic ring is 1. The van der Waals surface area contributed by atoms with Crippen LogP contribution >= 0.6 is 23.2 Å². The molecule has 0 aliphatic heterocycles. The van der Waals surface area contributed by atoms with Gasteiger partial charge < -0.3 is 15.8 Å². The van der Waals surface area contributed by atoms with Crippen LogP contribution in [0.15, 0.2) is 42.5 Å². The van der Waals surface area contributed by atoms with Crippen molar-refractivity contribution in [2.75, 3.05) is 17.7 Å². The quantitative estimate of drug-likeness (QED) is 0.848. The highest BCUT2D eigenvalue weighted by molar-refractivity contribution is 6.35. The average molecular weight is 311 g/mol. The van der Waals surface area contributed by atoms with E-state index in [1.807, 2.05) is 0 Å². The molecule has 2 rings (SSSR count). The molecule has 0 fully saturated rings. The van der Waals surface area contributed by atoms with Crippen molar-refractivity contribution in [2.24, 2.45) is 0 Å². The number of nitrogens with two attached hydrogens (primary N) is 1. The average Bonchev–Trinajstić information content (AvgIpc) is 2.40. The maximum atomic E-state index is 11.7. The number of hydrogen-bond donors (Lipinski definition) is 2. The Hall–Kier alpha value is -1.91. The Morgan fingerprint density at radius 3 is 2.50 bits per heavy atom. The lowest BCUT2D eigenvalue weighted by Gasteiger charge is -2.09. The fourth-order valence-electron chi connectivity index (χ4n) is 1.50. The summed E-state index contributed by atoms with van der Waals surface area (Å²) in [6.45, 7) is -0.147. The Labute approximate surface area is 126 Å². The first kappa shape index (κ1) is 14.5. The summed E-state index contributed by atoms with van der Waals surface area (Å²) in [6, 6.07) is 11.6. The normalized spacial score (nSPS) is 10.1. The number of nitrogens with one attached hydrogen (secondary N) is 1. The summed E-state index contributed by atoms with van der Waals surface area (Å²) in [5.41, 5.74) is 6.84. The number of ether oxygens (including phenoxy) is 1. The van der Waals surface area contributed by atoms with E-state index in [1.54, 1.807) is 42.5 Å². The molecule has 0 aliphatic rings. The maximum absolute atomic E-state index is 11.7. The fraction of sp³-hybridized carbons (Fsp3) is 0.0714. The molecule has 4 nitrogen and oxygen atoms in total. The summed E-state index contributed by atoms with van der Waals surface area (Å²) in [7, 11) is 0. The minimum absolute atomic E-state index is 0.147. The number of hydrogen-bond acceptors (Lipinski definition) is 3. The van der Waals surface area contributed by atoms with Gasteiger partial charge in [-0.2, -0.15) is 0 Å². The van der Waals surface area contributed by atoms with Crippen molar-refractivity contribution in [3.8, 4) is 5.75 Å². The molecular weight excluding hydrogens is 299 g/mol. The second kappa shape index (κ2) is 6.50. The van der Waals surface area contributed by atoms with E-state index in [4.69, 9.17) is 33.7 Å². The molecule has 0 bridgehead atoms. The van der Waals surface area contributed by atoms with Crippen LogP contribution in [0.5, 0.6) is 5.75 Å². The molecule has 0 aromatic heterocycles. The van der Waals surface area contributed by atoms with Crippen LogP contribution in [0.25, 0.3) is 0 Å². The number of anilines is 2. The minimum atomic E-state index is -0.291. The van der Waals surface area contributed by atoms with Gasteiger partial charge in [0.1, 0.15) is 5.75 Å². The first-order chi connectivity index (χ1) is 9.54. The van der Waals surface area contributed by atoms with Crippen molar-refractivity contribution in [3.05, 3.63) is 52.5 Å². The van der Waals surface area contributed by atoms with Gasteiger partial charge >= 0.3 is 0 Å². The highest BCUT2D eigenvalue weighted by Crippen LogP contribution is 2.27. The van der Waals surface area contributed by atoms with Crippen molar-refractivity contribution in [2.45, 2.75) is 0 Å². The van der Waals surface area contributed by atoms with E-state index in [9.17, 15) is 4.79 Å². The minimum Gasteiger partial charge on any atom is -0.482 e. The molecule has 6 heteroatoms. The number of rotatable bonds is 4. The summed E-state index contributed by atoms with van der Waals surface area (Å²) in [5.74, 6) is 0.115. The maximum Gasteiger partial charge on any atom is 0.262 e. The highest BCUT2D eigenvalue weighted by Gasteiger charge is 2.06. The zero-order chi connectivity index (χ0) is 14.5. The number of carbonyl (C=O) groups is 1. The molecule has 0 heterocycles. The first-order valence-electron chi connectivity index (χ1n) is 5.78. The summed E-state index contributed by atoms with van der Waals surface area (Å²) in [4.78, 5) is 11.7. The zero-order valence-corrected chi connectivity index (χ0v) is 11.9. The van der Waals surface area contributed by atoms with Crippen molar-refractivity contribution in [3.63, 3.8) is 0 Å². The van der Waals surface area contributed by atoms with Gasteiger partial charge in [0.25, 0.3) is 5.91 Å². The SMILES string of the molecule is Nc1ccc(NC(=O)COc2ccc(Cl)cc2Cl)cc1. The molecule has 1 amide bonds. The van der Waals surface area contributed by atoms with E-state index < -0.39 is 0 Å². The van der Waals surface area contributed by atoms with E-state index in [2.05, 4.69) is 5.32 Å². The van der Waals surface area contributed by atoms with E-state index in [0.717, 1.165) is 0 Å². The lowest BCUT2D eigenvalue weighted by Crippen LogP contribution is -2.20. The van der Waals surface area contributed by atoms with Gasteiger partial charge in [0.2, 0.25) is 0 Å². The summed E-state index contributed by atoms with van der Waals surface area (Å²) >= 11 is 11.7. The lowest BCUT2D eigenvalue weighted by atomic mass is 10.3. The van der Waals surface area contributed by atoms with Crippen molar-refractivity contribution in [1.29, 1.82) is 0 Å². The molecule has 0 saturated heterocycles. The van der Waals surface area contributed by atoms with Gasteiger partial charge in [0, 0.05) is 16.4 Å². The predicted molar refractivity (Wildman–Crippen MR) is 81.4 cm³/mol. The van der Waals surface area contributed by atoms with Gasteiger partial charge in [-0.05, 0) is 42.5 Å². The van der Waals surface area contributed by atoms with Gasteiger partial charge in [-0.25, -0.2) is 0 Å². The van der Waals surface area contributed by atoms with Crippen molar-refractivity contribution < 1.29 is 9.53 Å². The van der Waals surface area contributed by atoms with Gasteiger partial charge in [-0.3, -0.25) is 4.79 Å². The molecule has 0 radical (unpaired) electrons. The van der Waals surface area contributed by atoms with E-state index >= 15 is 0 Å². The molecule has 2 aromatic rings. The van der Waals surface area contributed by atoms with Crippen LogP contribution in [-0.2, 0) is 4.79 Å². The second-order valence-corrected chi connectivity index (χ2v) is 4.88. The van der Waals surface area contributed by atoms with E-state index in [0.29, 0.717) is 27.2 Å². The third kappa shape index (κ3) is 4.05. The molecule has 0 unspecified atom stereocenters. The van der Waals surface area contributed by atoms with Crippen LogP contribution in [0.2, 0.25) is 10.0 Å². The molecular formula is C14H12Cl2N2O2. The summed E-state index contributed by atoms with van der Waals surface area (Å²) < 4.78 is 5.32. The van der Waals surface area contributed by atoms with Gasteiger partial charge in [-0.15, -0.1) is 0 Å². The lowest BCUT2D eigenvalue weighted by molar-refractivity contribution is -0.118. The molecule has 0 spiro atoms. The largest absolute Gasteiger partial charge is 0.482 e. The van der Waals surface area contributed by atoms with Crippen LogP contribution in [0.4, 0.5) is 11.4 Å². The monoisotopic (exact) mass is 310 g/mol. The van der Waals surface area contributed by atoms with Crippen LogP contribution in [-0.4, -0.2) is 12.5 Å². The fourth-order valence-corrected chi connectivity index (χ4v) is 1.96. The Kier molecular flexibility index (Phi) is 4.71. The topological polar surface area (TPSA) is 64.3 Å². The number of amides is 1. The molecule has 20 heavy (non-hydrogen) atoms. The molecule has 0 atom stereocenters. The third-order valence-corrected chi connectivity index (χ3v) is 2.98. The molecule has 0 aliphatic carbocycles. The number of benzene rings is 2. The second-order valence-electron chi connectivity index (χ2n) is 4.03. The third-order valence-electron chi connectivity index (χ3n) is 2.45. The Balaban J connectivity index is 1.90. The van der Waals surface area contributed by atoms with E-state index in [-0.39, 0.29) is 12.5 Å². The Morgan fingerprint density at radius 2 is 1.85 bits per heavy atom. The van der Waals surface area contributed by atoms with E-state index in [1.165, 1.54) is 0 Å². The highest BCUT2D eigenvalue weighted by atomic mass is 35.5. The Morgan fingerprint density at radius 1 is 1.15 bits per heavy atom. The summed E-state index contributed by atoms with van der Waals surface area (Å²) in [6.07, 6.45) is 0. The summed E-state index contributed by atoms with van der Waals surface area (Å²) in [5, 5.41) is 3.55. The molecule has 0 saturated carbocycles. The molecule has 2 aromatic carbocycles. The Bertz CT molecular complexity index is 615. The smallest absolute Gasteiger partial charge is 0.262 e. The number of halogens is 2. The molecule has 3 N–H and O–H groups in total. The van der Waals surface area contributed by atoms with Gasteiger partial charge in [0.05, 0.1) is 5.02 Å². The predicted octanol–water partition coefficient (Wildman–Crippen LogP) is 3.59. The van der Waals surface area contributed by atoms with Crippen molar-refractivity contribution >= 4 is 40.5 Å².